The topological polar surface area (TPSA) is 46.5 Å². The number of aryl methyl sites for hydroxylation is 1. The Balaban J connectivity index is 1.37. The van der Waals surface area contributed by atoms with Gasteiger partial charge in [0.05, 0.1) is 5.56 Å². The zero-order chi connectivity index (χ0) is 17.2. The molecule has 0 bridgehead atoms. The Labute approximate surface area is 148 Å². The number of carbonyl (C=O) groups excluding carboxylic acids is 1. The number of hydrogen-bond acceptors (Lipinski definition) is 3. The van der Waals surface area contributed by atoms with Crippen molar-refractivity contribution in [3.8, 4) is 0 Å². The van der Waals surface area contributed by atoms with Gasteiger partial charge in [0.2, 0.25) is 0 Å². The first-order valence-electron chi connectivity index (χ1n) is 9.39. The number of nitrogens with zero attached hydrogens (tertiary/aromatic N) is 2. The molecule has 0 atom stereocenters. The summed E-state index contributed by atoms with van der Waals surface area (Å²) in [7, 11) is 1.99. The molecule has 0 spiro atoms. The van der Waals surface area contributed by atoms with Gasteiger partial charge < -0.3 is 19.5 Å². The highest BCUT2D eigenvalue weighted by Crippen LogP contribution is 2.22. The van der Waals surface area contributed by atoms with E-state index >= 15 is 0 Å². The third-order valence-corrected chi connectivity index (χ3v) is 5.71. The van der Waals surface area contributed by atoms with Gasteiger partial charge in [-0.05, 0) is 31.7 Å². The maximum Gasteiger partial charge on any atom is 0.253 e. The molecule has 0 saturated carbocycles. The molecule has 5 heteroatoms. The second kappa shape index (κ2) is 7.18. The molecule has 1 N–H and O–H groups in total. The van der Waals surface area contributed by atoms with Crippen molar-refractivity contribution in [1.29, 1.82) is 0 Å². The van der Waals surface area contributed by atoms with Gasteiger partial charge in [-0.15, -0.1) is 0 Å². The van der Waals surface area contributed by atoms with Crippen LogP contribution in [-0.4, -0.2) is 53.8 Å². The quantitative estimate of drug-likeness (QED) is 0.933. The molecular weight excluding hydrogens is 314 g/mol. The number of piperidine rings is 1. The average molecular weight is 341 g/mol. The highest BCUT2D eigenvalue weighted by Gasteiger charge is 2.27. The van der Waals surface area contributed by atoms with Crippen LogP contribution in [0.2, 0.25) is 0 Å². The molecule has 2 aromatic rings. The standard InChI is InChI=1S/C20H27N3O2/c1-22-14-18(17-4-2-3-5-19(17)22)20(24)21-15-6-10-23(11-7-15)16-8-12-25-13-9-16/h2-5,14-16H,6-13H2,1H3,(H,21,24). The fraction of sp³-hybridized carbons (Fsp3) is 0.550. The van der Waals surface area contributed by atoms with Crippen molar-refractivity contribution in [2.45, 2.75) is 37.8 Å². The summed E-state index contributed by atoms with van der Waals surface area (Å²) in [6.07, 6.45) is 6.30. The van der Waals surface area contributed by atoms with E-state index in [1.54, 1.807) is 0 Å². The zero-order valence-corrected chi connectivity index (χ0v) is 14.9. The van der Waals surface area contributed by atoms with Crippen molar-refractivity contribution in [2.75, 3.05) is 26.3 Å². The Hall–Kier alpha value is -1.85. The Morgan fingerprint density at radius 1 is 1.12 bits per heavy atom. The van der Waals surface area contributed by atoms with Crippen molar-refractivity contribution in [3.63, 3.8) is 0 Å². The number of fused-ring (bicyclic) bond motifs is 1. The molecular formula is C20H27N3O2. The van der Waals surface area contributed by atoms with E-state index in [1.807, 2.05) is 36.0 Å². The highest BCUT2D eigenvalue weighted by atomic mass is 16.5. The van der Waals surface area contributed by atoms with Crippen molar-refractivity contribution < 1.29 is 9.53 Å². The number of aromatic nitrogens is 1. The molecule has 2 saturated heterocycles. The molecule has 1 aromatic heterocycles. The molecule has 0 unspecified atom stereocenters. The van der Waals surface area contributed by atoms with E-state index in [1.165, 1.54) is 0 Å². The van der Waals surface area contributed by atoms with E-state index in [-0.39, 0.29) is 11.9 Å². The molecule has 0 aliphatic carbocycles. The number of carbonyl (C=O) groups is 1. The number of nitrogens with one attached hydrogen (secondary N) is 1. The van der Waals surface area contributed by atoms with Crippen LogP contribution in [-0.2, 0) is 11.8 Å². The van der Waals surface area contributed by atoms with Gasteiger partial charge in [0, 0.05) is 62.5 Å². The third-order valence-electron chi connectivity index (χ3n) is 5.71. The van der Waals surface area contributed by atoms with Gasteiger partial charge in [-0.3, -0.25) is 4.79 Å². The number of benzene rings is 1. The van der Waals surface area contributed by atoms with E-state index in [9.17, 15) is 4.79 Å². The van der Waals surface area contributed by atoms with Gasteiger partial charge in [0.15, 0.2) is 0 Å². The Morgan fingerprint density at radius 2 is 1.84 bits per heavy atom. The van der Waals surface area contributed by atoms with Crippen LogP contribution in [0.25, 0.3) is 10.9 Å². The molecule has 2 aliphatic heterocycles. The van der Waals surface area contributed by atoms with Gasteiger partial charge in [-0.2, -0.15) is 0 Å². The summed E-state index contributed by atoms with van der Waals surface area (Å²) in [6.45, 7) is 3.93. The first kappa shape index (κ1) is 16.6. The third kappa shape index (κ3) is 3.44. The highest BCUT2D eigenvalue weighted by molar-refractivity contribution is 6.07. The second-order valence-electron chi connectivity index (χ2n) is 7.30. The maximum atomic E-state index is 12.8. The number of rotatable bonds is 3. The van der Waals surface area contributed by atoms with Crippen LogP contribution in [0.15, 0.2) is 30.5 Å². The summed E-state index contributed by atoms with van der Waals surface area (Å²) < 4.78 is 7.49. The lowest BCUT2D eigenvalue weighted by Crippen LogP contribution is -2.49. The van der Waals surface area contributed by atoms with Crippen molar-refractivity contribution >= 4 is 16.8 Å². The Bertz CT molecular complexity index is 740. The fourth-order valence-electron chi connectivity index (χ4n) is 4.25. The van der Waals surface area contributed by atoms with E-state index in [0.717, 1.165) is 68.5 Å². The number of hydrogen-bond donors (Lipinski definition) is 1. The second-order valence-corrected chi connectivity index (χ2v) is 7.30. The molecule has 1 aromatic carbocycles. The summed E-state index contributed by atoms with van der Waals surface area (Å²) in [6, 6.07) is 9.03. The lowest BCUT2D eigenvalue weighted by atomic mass is 9.99. The molecule has 134 valence electrons. The van der Waals surface area contributed by atoms with Gasteiger partial charge in [0.1, 0.15) is 0 Å². The Morgan fingerprint density at radius 3 is 2.60 bits per heavy atom. The SMILES string of the molecule is Cn1cc(C(=O)NC2CCN(C3CCOCC3)CC2)c2ccccc21. The number of amides is 1. The van der Waals surface area contributed by atoms with Crippen molar-refractivity contribution in [1.82, 2.24) is 14.8 Å². The fourth-order valence-corrected chi connectivity index (χ4v) is 4.25. The van der Waals surface area contributed by atoms with Crippen molar-refractivity contribution in [3.05, 3.63) is 36.0 Å². The molecule has 2 aliphatic rings. The van der Waals surface area contributed by atoms with Gasteiger partial charge in [0.25, 0.3) is 5.91 Å². The smallest absolute Gasteiger partial charge is 0.253 e. The summed E-state index contributed by atoms with van der Waals surface area (Å²) in [4.78, 5) is 15.4. The van der Waals surface area contributed by atoms with E-state index < -0.39 is 0 Å². The monoisotopic (exact) mass is 341 g/mol. The summed E-state index contributed by atoms with van der Waals surface area (Å²) in [5.74, 6) is 0.0568. The predicted molar refractivity (Wildman–Crippen MR) is 98.8 cm³/mol. The lowest BCUT2D eigenvalue weighted by molar-refractivity contribution is 0.0239. The Kier molecular flexibility index (Phi) is 4.77. The van der Waals surface area contributed by atoms with Crippen LogP contribution in [0.3, 0.4) is 0 Å². The number of para-hydroxylation sites is 1. The minimum atomic E-state index is 0.0568. The van der Waals surface area contributed by atoms with Crippen LogP contribution in [0.5, 0.6) is 0 Å². The van der Waals surface area contributed by atoms with Gasteiger partial charge in [-0.25, -0.2) is 0 Å². The van der Waals surface area contributed by atoms with E-state index in [0.29, 0.717) is 6.04 Å². The lowest BCUT2D eigenvalue weighted by Gasteiger charge is -2.39. The van der Waals surface area contributed by atoms with E-state index in [4.69, 9.17) is 4.74 Å². The summed E-state index contributed by atoms with van der Waals surface area (Å²) in [5, 5.41) is 4.29. The molecule has 5 nitrogen and oxygen atoms in total. The predicted octanol–water partition coefficient (Wildman–Crippen LogP) is 2.55. The van der Waals surface area contributed by atoms with Crippen molar-refractivity contribution in [2.24, 2.45) is 7.05 Å². The number of likely N-dealkylation sites (tertiary alicyclic amines) is 1. The average Bonchev–Trinajstić information content (AvgIpc) is 3.00. The maximum absolute atomic E-state index is 12.8. The molecule has 3 heterocycles. The largest absolute Gasteiger partial charge is 0.381 e. The normalized spacial score (nSPS) is 20.8. The number of ether oxygens (including phenoxy) is 1. The van der Waals surface area contributed by atoms with Gasteiger partial charge in [-0.1, -0.05) is 18.2 Å². The minimum absolute atomic E-state index is 0.0568. The first-order valence-corrected chi connectivity index (χ1v) is 9.39. The summed E-state index contributed by atoms with van der Waals surface area (Å²) >= 11 is 0. The molecule has 0 radical (unpaired) electrons. The minimum Gasteiger partial charge on any atom is -0.381 e. The molecule has 1 amide bonds. The molecule has 25 heavy (non-hydrogen) atoms. The van der Waals surface area contributed by atoms with Crippen LogP contribution >= 0.6 is 0 Å². The molecule has 2 fully saturated rings. The summed E-state index contributed by atoms with van der Waals surface area (Å²) in [5.41, 5.74) is 1.88. The molecule has 4 rings (SSSR count). The first-order chi connectivity index (χ1) is 12.2. The van der Waals surface area contributed by atoms with Crippen LogP contribution in [0, 0.1) is 0 Å². The van der Waals surface area contributed by atoms with E-state index in [2.05, 4.69) is 16.3 Å². The van der Waals surface area contributed by atoms with Gasteiger partial charge >= 0.3 is 0 Å². The van der Waals surface area contributed by atoms with Crippen LogP contribution in [0.1, 0.15) is 36.0 Å². The zero-order valence-electron chi connectivity index (χ0n) is 14.9. The van der Waals surface area contributed by atoms with Crippen LogP contribution in [0.4, 0.5) is 0 Å². The van der Waals surface area contributed by atoms with Crippen LogP contribution < -0.4 is 5.32 Å².